The molecule has 0 aliphatic heterocycles. The summed E-state index contributed by atoms with van der Waals surface area (Å²) in [4.78, 5) is 10.3. The highest BCUT2D eigenvalue weighted by molar-refractivity contribution is 5.66. The quantitative estimate of drug-likeness (QED) is 0.289. The van der Waals surface area contributed by atoms with Gasteiger partial charge in [0.25, 0.3) is 0 Å². The molecule has 0 unspecified atom stereocenters. The van der Waals surface area contributed by atoms with Gasteiger partial charge < -0.3 is 10.2 Å². The number of aliphatic hydroxyl groups excluding tert-OH is 1. The summed E-state index contributed by atoms with van der Waals surface area (Å²) in [6.07, 6.45) is 17.9. The lowest BCUT2D eigenvalue weighted by molar-refractivity contribution is -0.137. The third kappa shape index (κ3) is 18.4. The molecule has 0 aliphatic carbocycles. The second-order valence-electron chi connectivity index (χ2n) is 5.74. The van der Waals surface area contributed by atoms with E-state index in [0.717, 1.165) is 64.2 Å². The van der Waals surface area contributed by atoms with Crippen molar-refractivity contribution >= 4 is 5.97 Å². The molecule has 0 saturated carbocycles. The molecule has 0 radical (unpaired) electrons. The molecule has 0 aromatic heterocycles. The zero-order valence-electron chi connectivity index (χ0n) is 14.5. The van der Waals surface area contributed by atoms with E-state index < -0.39 is 12.1 Å². The fourth-order valence-corrected chi connectivity index (χ4v) is 2.08. The van der Waals surface area contributed by atoms with E-state index >= 15 is 0 Å². The molecule has 0 heterocycles. The zero-order valence-corrected chi connectivity index (χ0v) is 14.5. The van der Waals surface area contributed by atoms with Crippen LogP contribution in [0.3, 0.4) is 0 Å². The molecule has 3 nitrogen and oxygen atoms in total. The smallest absolute Gasteiger partial charge is 0.303 e. The first-order chi connectivity index (χ1) is 11.2. The molecular formula is C20H32O3. The largest absolute Gasteiger partial charge is 0.481 e. The van der Waals surface area contributed by atoms with E-state index in [0.29, 0.717) is 0 Å². The van der Waals surface area contributed by atoms with Crippen LogP contribution in [0.25, 0.3) is 0 Å². The van der Waals surface area contributed by atoms with Crippen molar-refractivity contribution in [3.8, 4) is 11.8 Å². The molecule has 0 bridgehead atoms. The van der Waals surface area contributed by atoms with Crippen LogP contribution < -0.4 is 0 Å². The van der Waals surface area contributed by atoms with Crippen molar-refractivity contribution in [2.45, 2.75) is 83.7 Å². The van der Waals surface area contributed by atoms with Crippen molar-refractivity contribution in [2.75, 3.05) is 0 Å². The number of aliphatic hydroxyl groups is 1. The summed E-state index contributed by atoms with van der Waals surface area (Å²) in [5, 5.41) is 18.1. The first-order valence-electron chi connectivity index (χ1n) is 8.87. The highest BCUT2D eigenvalue weighted by Crippen LogP contribution is 2.04. The minimum Gasteiger partial charge on any atom is -0.481 e. The van der Waals surface area contributed by atoms with Crippen molar-refractivity contribution in [2.24, 2.45) is 0 Å². The minimum atomic E-state index is -0.721. The van der Waals surface area contributed by atoms with Crippen LogP contribution in [0.5, 0.6) is 0 Å². The van der Waals surface area contributed by atoms with Gasteiger partial charge in [0.15, 0.2) is 0 Å². The van der Waals surface area contributed by atoms with Gasteiger partial charge >= 0.3 is 5.97 Å². The van der Waals surface area contributed by atoms with Crippen LogP contribution in [-0.2, 0) is 4.79 Å². The highest BCUT2D eigenvalue weighted by Gasteiger charge is 1.96. The number of carbonyl (C=O) groups is 1. The van der Waals surface area contributed by atoms with E-state index in [1.807, 2.05) is 6.08 Å². The molecule has 0 rings (SSSR count). The van der Waals surface area contributed by atoms with Crippen molar-refractivity contribution in [1.29, 1.82) is 0 Å². The van der Waals surface area contributed by atoms with Crippen LogP contribution in [0, 0.1) is 11.8 Å². The molecule has 0 aliphatic rings. The van der Waals surface area contributed by atoms with Crippen LogP contribution in [0.1, 0.15) is 77.6 Å². The monoisotopic (exact) mass is 320 g/mol. The van der Waals surface area contributed by atoms with E-state index in [-0.39, 0.29) is 6.42 Å². The Hall–Kier alpha value is -1.53. The van der Waals surface area contributed by atoms with Gasteiger partial charge in [-0.2, -0.15) is 0 Å². The lowest BCUT2D eigenvalue weighted by atomic mass is 10.1. The maximum atomic E-state index is 10.3. The van der Waals surface area contributed by atoms with Crippen LogP contribution >= 0.6 is 0 Å². The highest BCUT2D eigenvalue weighted by atomic mass is 16.4. The summed E-state index contributed by atoms with van der Waals surface area (Å²) in [6.45, 7) is 2.15. The molecule has 3 heteroatoms. The number of allylic oxidation sites excluding steroid dienone is 4. The molecule has 0 saturated heterocycles. The van der Waals surface area contributed by atoms with Crippen molar-refractivity contribution in [1.82, 2.24) is 0 Å². The maximum absolute atomic E-state index is 10.3. The summed E-state index contributed by atoms with van der Waals surface area (Å²) in [5.74, 6) is 5.03. The second-order valence-corrected chi connectivity index (χ2v) is 5.74. The molecule has 0 spiro atoms. The third-order valence-corrected chi connectivity index (χ3v) is 3.45. The lowest BCUT2D eigenvalue weighted by Crippen LogP contribution is -2.01. The molecule has 2 N–H and O–H groups in total. The van der Waals surface area contributed by atoms with Gasteiger partial charge in [-0.1, -0.05) is 49.8 Å². The predicted octanol–water partition coefficient (Wildman–Crippen LogP) is 4.86. The van der Waals surface area contributed by atoms with Gasteiger partial charge in [0, 0.05) is 6.42 Å². The van der Waals surface area contributed by atoms with Crippen LogP contribution in [0.4, 0.5) is 0 Å². The number of carboxylic acids is 1. The molecule has 0 aromatic carbocycles. The zero-order chi connectivity index (χ0) is 17.2. The summed E-state index contributed by atoms with van der Waals surface area (Å²) in [7, 11) is 0. The lowest BCUT2D eigenvalue weighted by Gasteiger charge is -2.00. The van der Waals surface area contributed by atoms with Crippen molar-refractivity contribution < 1.29 is 15.0 Å². The number of unbranched alkanes of at least 4 members (excludes halogenated alkanes) is 6. The first kappa shape index (κ1) is 21.5. The van der Waals surface area contributed by atoms with Crippen LogP contribution in [0.2, 0.25) is 0 Å². The molecule has 0 aromatic rings. The van der Waals surface area contributed by atoms with Crippen molar-refractivity contribution in [3.05, 3.63) is 24.3 Å². The van der Waals surface area contributed by atoms with Gasteiger partial charge in [-0.15, -0.1) is 0 Å². The number of carboxylic acid groups (broad SMARTS) is 1. The summed E-state index contributed by atoms with van der Waals surface area (Å²) in [6, 6.07) is 0. The van der Waals surface area contributed by atoms with Gasteiger partial charge in [0.1, 0.15) is 6.10 Å². The standard InChI is InChI=1S/C20H32O3/c1-2-3-13-16-19(21)17-14-11-9-7-5-4-6-8-10-12-15-18-20(22)23/h8-11,19,21H,2-7,12-13,15-16,18H2,1H3,(H,22,23)/b10-8-,11-9-/t19-/m1/s1. The normalized spacial score (nSPS) is 12.4. The fraction of sp³-hybridized carbons (Fsp3) is 0.650. The fourth-order valence-electron chi connectivity index (χ4n) is 2.08. The Kier molecular flexibility index (Phi) is 15.7. The third-order valence-electron chi connectivity index (χ3n) is 3.45. The van der Waals surface area contributed by atoms with Crippen LogP contribution in [-0.4, -0.2) is 22.3 Å². The van der Waals surface area contributed by atoms with E-state index in [1.165, 1.54) is 0 Å². The van der Waals surface area contributed by atoms with Crippen LogP contribution in [0.15, 0.2) is 24.3 Å². The van der Waals surface area contributed by atoms with Gasteiger partial charge in [-0.3, -0.25) is 4.79 Å². The Labute approximate surface area is 141 Å². The Morgan fingerprint density at radius 3 is 2.30 bits per heavy atom. The van der Waals surface area contributed by atoms with E-state index in [4.69, 9.17) is 5.11 Å². The van der Waals surface area contributed by atoms with Gasteiger partial charge in [0.05, 0.1) is 0 Å². The average Bonchev–Trinajstić information content (AvgIpc) is 2.51. The van der Waals surface area contributed by atoms with Gasteiger partial charge in [0.2, 0.25) is 0 Å². The SMILES string of the molecule is CCCCC[C@@H](O)C#C/C=C\CCCC/C=C\CCCC(=O)O. The molecular weight excluding hydrogens is 288 g/mol. The molecule has 130 valence electrons. The Morgan fingerprint density at radius 1 is 1.00 bits per heavy atom. The maximum Gasteiger partial charge on any atom is 0.303 e. The van der Waals surface area contributed by atoms with E-state index in [9.17, 15) is 9.90 Å². The van der Waals surface area contributed by atoms with Gasteiger partial charge in [-0.05, 0) is 57.4 Å². The summed E-state index contributed by atoms with van der Waals surface area (Å²) >= 11 is 0. The number of aliphatic carboxylic acids is 1. The number of rotatable bonds is 13. The molecule has 1 atom stereocenters. The molecule has 23 heavy (non-hydrogen) atoms. The summed E-state index contributed by atoms with van der Waals surface area (Å²) < 4.78 is 0. The molecule has 0 fully saturated rings. The molecule has 0 amide bonds. The second kappa shape index (κ2) is 16.8. The Morgan fingerprint density at radius 2 is 1.65 bits per heavy atom. The number of hydrogen-bond acceptors (Lipinski definition) is 2. The predicted molar refractivity (Wildman–Crippen MR) is 96.2 cm³/mol. The van der Waals surface area contributed by atoms with E-state index in [1.54, 1.807) is 0 Å². The summed E-state index contributed by atoms with van der Waals surface area (Å²) in [5.41, 5.74) is 0. The van der Waals surface area contributed by atoms with Crippen molar-refractivity contribution in [3.63, 3.8) is 0 Å². The average molecular weight is 320 g/mol. The minimum absolute atomic E-state index is 0.253. The first-order valence-corrected chi connectivity index (χ1v) is 8.87. The van der Waals surface area contributed by atoms with Gasteiger partial charge in [-0.25, -0.2) is 0 Å². The number of hydrogen-bond donors (Lipinski definition) is 2. The Bertz CT molecular complexity index is 399. The van der Waals surface area contributed by atoms with E-state index in [2.05, 4.69) is 37.0 Å². The topological polar surface area (TPSA) is 57.5 Å². The Balaban J connectivity index is 3.47.